The third kappa shape index (κ3) is 1.81. The van der Waals surface area contributed by atoms with Gasteiger partial charge in [-0.15, -0.1) is 0 Å². The Morgan fingerprint density at radius 1 is 1.08 bits per heavy atom. The molecule has 3 aliphatic carbocycles. The van der Waals surface area contributed by atoms with E-state index in [4.69, 9.17) is 4.74 Å². The Kier molecular flexibility index (Phi) is 3.17. The summed E-state index contributed by atoms with van der Waals surface area (Å²) >= 11 is 0. The topological polar surface area (TPSA) is 60.4 Å². The van der Waals surface area contributed by atoms with Crippen LogP contribution in [0.5, 0.6) is 0 Å². The lowest BCUT2D eigenvalue weighted by Gasteiger charge is -2.60. The fraction of sp³-hybridized carbons (Fsp3) is 0.737. The van der Waals surface area contributed by atoms with Gasteiger partial charge >= 0.3 is 5.97 Å². The molecule has 0 N–H and O–H groups in total. The van der Waals surface area contributed by atoms with Gasteiger partial charge in [-0.3, -0.25) is 14.4 Å². The van der Waals surface area contributed by atoms with E-state index in [1.54, 1.807) is 13.0 Å². The van der Waals surface area contributed by atoms with Gasteiger partial charge in [-0.05, 0) is 38.7 Å². The maximum absolute atomic E-state index is 16.5. The third-order valence-electron chi connectivity index (χ3n) is 7.15. The van der Waals surface area contributed by atoms with Crippen LogP contribution >= 0.6 is 0 Å². The second-order valence-electron chi connectivity index (χ2n) is 8.36. The minimum absolute atomic E-state index is 0.0317. The molecule has 4 nitrogen and oxygen atoms in total. The SMILES string of the molecule is C[C@@]12CC(=O)[C@@]3(F)[C@H](CCC4=CC(=O)CC[C@@]43C)[C@H]1CCC(=O)O2. The fourth-order valence-corrected chi connectivity index (χ4v) is 5.84. The highest BCUT2D eigenvalue weighted by molar-refractivity contribution is 5.95. The molecule has 1 aliphatic heterocycles. The van der Waals surface area contributed by atoms with Gasteiger partial charge in [0.2, 0.25) is 0 Å². The number of hydrogen-bond acceptors (Lipinski definition) is 4. The maximum Gasteiger partial charge on any atom is 0.306 e. The van der Waals surface area contributed by atoms with E-state index >= 15 is 4.39 Å². The minimum Gasteiger partial charge on any atom is -0.459 e. The Morgan fingerprint density at radius 2 is 1.79 bits per heavy atom. The van der Waals surface area contributed by atoms with Crippen LogP contribution in [-0.4, -0.2) is 28.8 Å². The summed E-state index contributed by atoms with van der Waals surface area (Å²) in [5.74, 6) is -1.28. The van der Waals surface area contributed by atoms with E-state index in [9.17, 15) is 14.4 Å². The zero-order valence-corrected chi connectivity index (χ0v) is 14.2. The van der Waals surface area contributed by atoms with Crippen molar-refractivity contribution in [3.05, 3.63) is 11.6 Å². The number of hydrogen-bond donors (Lipinski definition) is 0. The van der Waals surface area contributed by atoms with E-state index in [2.05, 4.69) is 0 Å². The van der Waals surface area contributed by atoms with E-state index in [1.165, 1.54) is 0 Å². The van der Waals surface area contributed by atoms with Crippen molar-refractivity contribution in [1.29, 1.82) is 0 Å². The number of esters is 1. The first-order valence-electron chi connectivity index (χ1n) is 8.89. The molecule has 4 rings (SSSR count). The van der Waals surface area contributed by atoms with Gasteiger partial charge in [-0.25, -0.2) is 4.39 Å². The van der Waals surface area contributed by atoms with Crippen molar-refractivity contribution in [3.63, 3.8) is 0 Å². The van der Waals surface area contributed by atoms with Crippen LogP contribution in [0, 0.1) is 17.3 Å². The van der Waals surface area contributed by atoms with E-state index in [-0.39, 0.29) is 24.1 Å². The molecule has 0 aromatic heterocycles. The highest BCUT2D eigenvalue weighted by Gasteiger charge is 2.70. The predicted molar refractivity (Wildman–Crippen MR) is 83.8 cm³/mol. The van der Waals surface area contributed by atoms with Crippen molar-refractivity contribution in [2.75, 3.05) is 0 Å². The second kappa shape index (κ2) is 4.77. The number of carbonyl (C=O) groups excluding carboxylic acids is 3. The predicted octanol–water partition coefficient (Wildman–Crippen LogP) is 3.09. The molecular formula is C19H23FO4. The average Bonchev–Trinajstić information content (AvgIpc) is 2.49. The van der Waals surface area contributed by atoms with Crippen LogP contribution in [0.25, 0.3) is 0 Å². The summed E-state index contributed by atoms with van der Waals surface area (Å²) in [4.78, 5) is 36.5. The standard InChI is InChI=1S/C19H23FO4/c1-17-8-7-12(21)9-11(17)3-4-14-13-5-6-16(23)24-18(13,2)10-15(22)19(14,17)20/h9,13-14H,3-8,10H2,1-2H3/t13-,14-,17+,18-,19+/m1/s1. The number of Topliss-reactive ketones (excluding diaryl/α,β-unsaturated/α-hetero) is 1. The molecule has 130 valence electrons. The van der Waals surface area contributed by atoms with Crippen LogP contribution in [0.15, 0.2) is 11.6 Å². The maximum atomic E-state index is 16.5. The molecular weight excluding hydrogens is 311 g/mol. The van der Waals surface area contributed by atoms with Crippen LogP contribution in [0.1, 0.15) is 58.8 Å². The summed E-state index contributed by atoms with van der Waals surface area (Å²) in [5, 5.41) is 0. The fourth-order valence-electron chi connectivity index (χ4n) is 5.84. The Morgan fingerprint density at radius 3 is 2.54 bits per heavy atom. The number of ketones is 2. The van der Waals surface area contributed by atoms with Crippen molar-refractivity contribution in [2.45, 2.75) is 70.1 Å². The molecule has 0 aromatic rings. The zero-order chi connectivity index (χ0) is 17.3. The molecule has 4 aliphatic rings. The number of allylic oxidation sites excluding steroid dienone is 2. The van der Waals surface area contributed by atoms with Crippen molar-refractivity contribution >= 4 is 17.5 Å². The molecule has 0 aromatic carbocycles. The second-order valence-corrected chi connectivity index (χ2v) is 8.36. The molecule has 0 amide bonds. The summed E-state index contributed by atoms with van der Waals surface area (Å²) in [6.07, 6.45) is 4.24. The largest absolute Gasteiger partial charge is 0.459 e. The van der Waals surface area contributed by atoms with E-state index in [0.717, 1.165) is 5.57 Å². The zero-order valence-electron chi connectivity index (χ0n) is 14.2. The van der Waals surface area contributed by atoms with Crippen molar-refractivity contribution in [2.24, 2.45) is 17.3 Å². The van der Waals surface area contributed by atoms with Gasteiger partial charge in [-0.2, -0.15) is 0 Å². The number of halogens is 1. The highest BCUT2D eigenvalue weighted by atomic mass is 19.1. The first kappa shape index (κ1) is 16.0. The Balaban J connectivity index is 1.81. The molecule has 24 heavy (non-hydrogen) atoms. The number of carbonyl (C=O) groups is 3. The molecule has 0 unspecified atom stereocenters. The van der Waals surface area contributed by atoms with Gasteiger partial charge in [0.05, 0.1) is 0 Å². The van der Waals surface area contributed by atoms with Gasteiger partial charge in [-0.1, -0.05) is 12.5 Å². The lowest BCUT2D eigenvalue weighted by Crippen LogP contribution is -2.68. The van der Waals surface area contributed by atoms with Crippen LogP contribution in [0.4, 0.5) is 4.39 Å². The van der Waals surface area contributed by atoms with Crippen LogP contribution in [0.3, 0.4) is 0 Å². The van der Waals surface area contributed by atoms with Crippen LogP contribution in [0.2, 0.25) is 0 Å². The third-order valence-corrected chi connectivity index (χ3v) is 7.15. The molecule has 0 radical (unpaired) electrons. The van der Waals surface area contributed by atoms with E-state index in [1.807, 2.05) is 6.92 Å². The summed E-state index contributed by atoms with van der Waals surface area (Å²) in [7, 11) is 0. The van der Waals surface area contributed by atoms with Gasteiger partial charge < -0.3 is 4.74 Å². The minimum atomic E-state index is -1.95. The van der Waals surface area contributed by atoms with Crippen molar-refractivity contribution in [3.8, 4) is 0 Å². The monoisotopic (exact) mass is 334 g/mol. The molecule has 1 heterocycles. The van der Waals surface area contributed by atoms with Crippen LogP contribution in [-0.2, 0) is 19.1 Å². The molecule has 5 atom stereocenters. The van der Waals surface area contributed by atoms with Crippen molar-refractivity contribution in [1.82, 2.24) is 0 Å². The summed E-state index contributed by atoms with van der Waals surface area (Å²) < 4.78 is 22.0. The Bertz CT molecular complexity index is 683. The lowest BCUT2D eigenvalue weighted by molar-refractivity contribution is -0.210. The van der Waals surface area contributed by atoms with Gasteiger partial charge in [0.15, 0.2) is 17.2 Å². The van der Waals surface area contributed by atoms with E-state index in [0.29, 0.717) is 38.5 Å². The molecule has 0 bridgehead atoms. The quantitative estimate of drug-likeness (QED) is 0.639. The first-order valence-corrected chi connectivity index (χ1v) is 8.89. The van der Waals surface area contributed by atoms with Crippen LogP contribution < -0.4 is 0 Å². The van der Waals surface area contributed by atoms with Gasteiger partial charge in [0, 0.05) is 36.5 Å². The number of ether oxygens (including phenoxy) is 1. The first-order chi connectivity index (χ1) is 11.2. The van der Waals surface area contributed by atoms with Crippen molar-refractivity contribution < 1.29 is 23.5 Å². The molecule has 2 saturated carbocycles. The van der Waals surface area contributed by atoms with Gasteiger partial charge in [0.1, 0.15) is 5.60 Å². The summed E-state index contributed by atoms with van der Waals surface area (Å²) in [6, 6.07) is 0. The normalized spacial score (nSPS) is 48.0. The Labute approximate surface area is 140 Å². The smallest absolute Gasteiger partial charge is 0.306 e. The molecule has 1 saturated heterocycles. The average molecular weight is 334 g/mol. The summed E-state index contributed by atoms with van der Waals surface area (Å²) in [6.45, 7) is 3.59. The number of alkyl halides is 1. The molecule has 0 spiro atoms. The van der Waals surface area contributed by atoms with Gasteiger partial charge in [0.25, 0.3) is 0 Å². The molecule has 5 heteroatoms. The number of fused-ring (bicyclic) bond motifs is 5. The highest BCUT2D eigenvalue weighted by Crippen LogP contribution is 2.64. The lowest BCUT2D eigenvalue weighted by atomic mass is 9.46. The van der Waals surface area contributed by atoms with E-state index < -0.39 is 28.4 Å². The summed E-state index contributed by atoms with van der Waals surface area (Å²) in [5.41, 5.74) is -2.94. The number of rotatable bonds is 0. The Hall–Kier alpha value is -1.52. The molecule has 3 fully saturated rings.